The number of imidazole rings is 1. The number of hydrogen-bond acceptors (Lipinski definition) is 3. The van der Waals surface area contributed by atoms with Gasteiger partial charge in [-0.05, 0) is 82.7 Å². The smallest absolute Gasteiger partial charge is 0.150 e. The molecule has 0 N–H and O–H groups in total. The van der Waals surface area contributed by atoms with E-state index in [-0.39, 0.29) is 5.41 Å². The number of anilines is 3. The average Bonchev–Trinajstić information content (AvgIpc) is 3.84. The fourth-order valence-corrected chi connectivity index (χ4v) is 8.89. The first-order chi connectivity index (χ1) is 26.5. The molecule has 0 fully saturated rings. The summed E-state index contributed by atoms with van der Waals surface area (Å²) in [7, 11) is 0. The monoisotopic (exact) mass is 699 g/mol. The fourth-order valence-electron chi connectivity index (χ4n) is 8.89. The van der Waals surface area contributed by atoms with Crippen molar-refractivity contribution in [3.8, 4) is 5.69 Å². The van der Waals surface area contributed by atoms with Crippen molar-refractivity contribution in [3.05, 3.63) is 186 Å². The molecule has 1 unspecified atom stereocenters. The minimum absolute atomic E-state index is 0.340. The Morgan fingerprint density at radius 2 is 1.28 bits per heavy atom. The molecule has 4 aromatic heterocycles. The molecule has 0 saturated carbocycles. The molecule has 1 aliphatic rings. The van der Waals surface area contributed by atoms with Crippen LogP contribution in [-0.2, 0) is 5.41 Å². The second-order valence-corrected chi connectivity index (χ2v) is 14.8. The number of fused-ring (bicyclic) bond motifs is 11. The number of para-hydroxylation sites is 3. The largest absolute Gasteiger partial charge is 0.309 e. The third kappa shape index (κ3) is 4.31. The molecular formula is C48H34FN5. The predicted molar refractivity (Wildman–Crippen MR) is 219 cm³/mol. The van der Waals surface area contributed by atoms with Gasteiger partial charge in [0.05, 0.1) is 22.2 Å². The van der Waals surface area contributed by atoms with Crippen molar-refractivity contribution in [1.29, 1.82) is 0 Å². The van der Waals surface area contributed by atoms with E-state index >= 15 is 4.39 Å². The normalized spacial score (nSPS) is 14.2. The van der Waals surface area contributed by atoms with Crippen molar-refractivity contribution < 1.29 is 4.39 Å². The van der Waals surface area contributed by atoms with Gasteiger partial charge in [0.2, 0.25) is 0 Å². The Morgan fingerprint density at radius 3 is 2.13 bits per heavy atom. The van der Waals surface area contributed by atoms with Crippen LogP contribution < -0.4 is 4.90 Å². The standard InChI is InChI=1S/C48H34FN5/c1-48(2)39-18-11-23-50-47(39)54(44-29-43-37(28-40(44)48)36-17-7-9-20-42(36)53(43)32-13-4-3-5-14-32)33-15-10-12-30(26-33)45(49)31-21-22-34-35-16-6-8-19-41(35)52-25-24-51-46(52)38(34)27-31/h3-29,45H,1-2H3. The minimum atomic E-state index is -1.36. The molecule has 54 heavy (non-hydrogen) atoms. The van der Waals surface area contributed by atoms with Crippen molar-refractivity contribution in [2.24, 2.45) is 0 Å². The fraction of sp³-hybridized carbons (Fsp3) is 0.0833. The molecule has 5 nitrogen and oxygen atoms in total. The van der Waals surface area contributed by atoms with Gasteiger partial charge in [0.1, 0.15) is 11.5 Å². The van der Waals surface area contributed by atoms with Gasteiger partial charge in [-0.1, -0.05) is 98.8 Å². The lowest BCUT2D eigenvalue weighted by molar-refractivity contribution is 0.402. The van der Waals surface area contributed by atoms with E-state index in [0.717, 1.165) is 66.8 Å². The van der Waals surface area contributed by atoms with E-state index in [1.165, 1.54) is 16.3 Å². The van der Waals surface area contributed by atoms with E-state index in [1.54, 1.807) is 6.20 Å². The minimum Gasteiger partial charge on any atom is -0.309 e. The molecule has 0 amide bonds. The lowest BCUT2D eigenvalue weighted by atomic mass is 9.74. The Bertz CT molecular complexity index is 3120. The predicted octanol–water partition coefficient (Wildman–Crippen LogP) is 12.3. The third-order valence-electron chi connectivity index (χ3n) is 11.5. The highest BCUT2D eigenvalue weighted by Gasteiger charge is 2.39. The van der Waals surface area contributed by atoms with E-state index in [0.29, 0.717) is 11.1 Å². The van der Waals surface area contributed by atoms with Gasteiger partial charge in [0, 0.05) is 62.5 Å². The van der Waals surface area contributed by atoms with Crippen molar-refractivity contribution in [1.82, 2.24) is 18.9 Å². The second-order valence-electron chi connectivity index (χ2n) is 14.8. The highest BCUT2D eigenvalue weighted by molar-refractivity contribution is 6.13. The van der Waals surface area contributed by atoms with Crippen LogP contribution in [0.2, 0.25) is 0 Å². The van der Waals surface area contributed by atoms with Crippen LogP contribution in [0.1, 0.15) is 42.3 Å². The maximum absolute atomic E-state index is 17.0. The quantitative estimate of drug-likeness (QED) is 0.172. The molecule has 0 radical (unpaired) electrons. The summed E-state index contributed by atoms with van der Waals surface area (Å²) in [5, 5.41) is 5.50. The number of aromatic nitrogens is 4. The molecule has 11 rings (SSSR count). The number of rotatable bonds is 4. The van der Waals surface area contributed by atoms with Gasteiger partial charge >= 0.3 is 0 Å². The summed E-state index contributed by atoms with van der Waals surface area (Å²) in [4.78, 5) is 11.9. The van der Waals surface area contributed by atoms with Gasteiger partial charge in [0.15, 0.2) is 6.17 Å². The highest BCUT2D eigenvalue weighted by Crippen LogP contribution is 2.53. The van der Waals surface area contributed by atoms with Crippen molar-refractivity contribution in [3.63, 3.8) is 0 Å². The zero-order valence-electron chi connectivity index (χ0n) is 29.8. The van der Waals surface area contributed by atoms with Crippen LogP contribution in [0.25, 0.3) is 54.8 Å². The number of alkyl halides is 1. The lowest BCUT2D eigenvalue weighted by Crippen LogP contribution is -2.31. The van der Waals surface area contributed by atoms with Crippen molar-refractivity contribution in [2.45, 2.75) is 25.4 Å². The molecule has 0 spiro atoms. The number of pyridine rings is 2. The summed E-state index contributed by atoms with van der Waals surface area (Å²) >= 11 is 0. The SMILES string of the molecule is CC1(C)c2cc3c4ccccc4n(-c4ccccc4)c3cc2N(c2cccc(C(F)c3ccc4c5ccccc5n5ccnc5c4c3)c2)c2ncccc21. The zero-order chi connectivity index (χ0) is 36.1. The van der Waals surface area contributed by atoms with E-state index < -0.39 is 6.17 Å². The van der Waals surface area contributed by atoms with Crippen LogP contribution in [0.3, 0.4) is 0 Å². The molecule has 6 aromatic carbocycles. The maximum atomic E-state index is 17.0. The molecule has 0 saturated heterocycles. The average molecular weight is 700 g/mol. The summed E-state index contributed by atoms with van der Waals surface area (Å²) in [6.07, 6.45) is 4.27. The van der Waals surface area contributed by atoms with Crippen LogP contribution >= 0.6 is 0 Å². The van der Waals surface area contributed by atoms with Gasteiger partial charge in [-0.25, -0.2) is 14.4 Å². The van der Waals surface area contributed by atoms with Gasteiger partial charge in [-0.15, -0.1) is 0 Å². The first-order valence-corrected chi connectivity index (χ1v) is 18.4. The Balaban J connectivity index is 1.10. The Kier molecular flexibility index (Phi) is 6.48. The third-order valence-corrected chi connectivity index (χ3v) is 11.5. The second kappa shape index (κ2) is 11.4. The number of benzene rings is 6. The van der Waals surface area contributed by atoms with Crippen molar-refractivity contribution >= 4 is 66.3 Å². The van der Waals surface area contributed by atoms with E-state index in [2.05, 4.69) is 124 Å². The molecule has 1 aliphatic heterocycles. The van der Waals surface area contributed by atoms with E-state index in [4.69, 9.17) is 4.98 Å². The summed E-state index contributed by atoms with van der Waals surface area (Å²) < 4.78 is 21.4. The summed E-state index contributed by atoms with van der Waals surface area (Å²) in [6, 6.07) is 50.1. The van der Waals surface area contributed by atoms with Gasteiger partial charge in [0.25, 0.3) is 0 Å². The molecule has 258 valence electrons. The Labute approximate surface area is 311 Å². The molecule has 5 heterocycles. The van der Waals surface area contributed by atoms with Crippen LogP contribution in [0.15, 0.2) is 164 Å². The van der Waals surface area contributed by atoms with E-state index in [1.807, 2.05) is 67.0 Å². The van der Waals surface area contributed by atoms with Crippen molar-refractivity contribution in [2.75, 3.05) is 4.90 Å². The maximum Gasteiger partial charge on any atom is 0.150 e. The number of halogens is 1. The summed E-state index contributed by atoms with van der Waals surface area (Å²) in [5.41, 5.74) is 10.3. The van der Waals surface area contributed by atoms with Gasteiger partial charge in [-0.2, -0.15) is 0 Å². The highest BCUT2D eigenvalue weighted by atomic mass is 19.1. The summed E-state index contributed by atoms with van der Waals surface area (Å²) in [5.74, 6) is 0.851. The molecular weight excluding hydrogens is 666 g/mol. The van der Waals surface area contributed by atoms with Crippen LogP contribution in [0.4, 0.5) is 21.6 Å². The first kappa shape index (κ1) is 30.8. The lowest BCUT2D eigenvalue weighted by Gasteiger charge is -2.41. The number of hydrogen-bond donors (Lipinski definition) is 0. The first-order valence-electron chi connectivity index (χ1n) is 18.4. The zero-order valence-corrected chi connectivity index (χ0v) is 29.8. The molecule has 6 heteroatoms. The molecule has 0 bridgehead atoms. The van der Waals surface area contributed by atoms with Gasteiger partial charge in [-0.3, -0.25) is 9.30 Å². The van der Waals surface area contributed by atoms with Gasteiger partial charge < -0.3 is 4.57 Å². The Morgan fingerprint density at radius 1 is 0.537 bits per heavy atom. The summed E-state index contributed by atoms with van der Waals surface area (Å²) in [6.45, 7) is 4.55. The van der Waals surface area contributed by atoms with Crippen LogP contribution in [-0.4, -0.2) is 18.9 Å². The Hall–Kier alpha value is -6.79. The van der Waals surface area contributed by atoms with E-state index in [9.17, 15) is 0 Å². The molecule has 1 atom stereocenters. The van der Waals surface area contributed by atoms with Crippen LogP contribution in [0.5, 0.6) is 0 Å². The molecule has 10 aromatic rings. The number of nitrogens with zero attached hydrogens (tertiary/aromatic N) is 5. The van der Waals surface area contributed by atoms with Crippen LogP contribution in [0, 0.1) is 0 Å². The topological polar surface area (TPSA) is 38.4 Å². The molecule has 0 aliphatic carbocycles.